The van der Waals surface area contributed by atoms with E-state index in [0.29, 0.717) is 0 Å². The van der Waals surface area contributed by atoms with E-state index in [1.54, 1.807) is 19.2 Å². The number of carbonyl (C=O) groups excluding carboxylic acids is 3. The molecule has 1 aromatic heterocycles. The van der Waals surface area contributed by atoms with Crippen LogP contribution in [0.3, 0.4) is 0 Å². The van der Waals surface area contributed by atoms with Gasteiger partial charge >= 0.3 is 0 Å². The molecule has 0 spiro atoms. The van der Waals surface area contributed by atoms with Crippen molar-refractivity contribution in [3.05, 3.63) is 22.4 Å². The van der Waals surface area contributed by atoms with E-state index in [1.165, 1.54) is 11.3 Å². The number of aliphatic hydroxyl groups is 3. The van der Waals surface area contributed by atoms with Crippen LogP contribution in [0.4, 0.5) is 0 Å². The average molecular weight is 457 g/mol. The van der Waals surface area contributed by atoms with E-state index in [2.05, 4.69) is 16.0 Å². The lowest BCUT2D eigenvalue weighted by Gasteiger charge is -2.42. The summed E-state index contributed by atoms with van der Waals surface area (Å²) in [5.74, 6) is -2.13. The smallest absolute Gasteiger partial charge is 0.252 e. The molecule has 11 heteroatoms. The van der Waals surface area contributed by atoms with Crippen LogP contribution in [0.2, 0.25) is 0 Å². The zero-order valence-electron chi connectivity index (χ0n) is 17.9. The van der Waals surface area contributed by atoms with Crippen LogP contribution in [0.1, 0.15) is 31.6 Å². The zero-order valence-corrected chi connectivity index (χ0v) is 18.7. The minimum Gasteiger partial charge on any atom is -0.390 e. The molecule has 2 rings (SSSR count). The van der Waals surface area contributed by atoms with Crippen molar-refractivity contribution >= 4 is 29.1 Å². The number of aliphatic hydroxyl groups excluding tert-OH is 2. The van der Waals surface area contributed by atoms with Gasteiger partial charge in [0.05, 0.1) is 18.2 Å². The van der Waals surface area contributed by atoms with E-state index in [0.717, 1.165) is 4.88 Å². The molecule has 10 nitrogen and oxygen atoms in total. The first-order valence-corrected chi connectivity index (χ1v) is 11.0. The third-order valence-corrected chi connectivity index (χ3v) is 6.45. The summed E-state index contributed by atoms with van der Waals surface area (Å²) in [5.41, 5.74) is 3.31. The molecule has 1 aliphatic rings. The van der Waals surface area contributed by atoms with Gasteiger partial charge in [0.15, 0.2) is 0 Å². The van der Waals surface area contributed by atoms with Crippen LogP contribution in [0, 0.1) is 5.92 Å². The second-order valence-corrected chi connectivity index (χ2v) is 9.37. The molecule has 6 atom stereocenters. The lowest BCUT2D eigenvalue weighted by molar-refractivity contribution is -0.161. The van der Waals surface area contributed by atoms with E-state index < -0.39 is 60.1 Å². The number of rotatable bonds is 9. The molecule has 0 unspecified atom stereocenters. The molecular weight excluding hydrogens is 424 g/mol. The van der Waals surface area contributed by atoms with Crippen LogP contribution in [-0.2, 0) is 20.8 Å². The molecule has 0 radical (unpaired) electrons. The lowest BCUT2D eigenvalue weighted by atomic mass is 9.77. The van der Waals surface area contributed by atoms with Gasteiger partial charge in [-0.3, -0.25) is 14.4 Å². The van der Waals surface area contributed by atoms with Crippen LogP contribution in [0.5, 0.6) is 0 Å². The highest BCUT2D eigenvalue weighted by Crippen LogP contribution is 2.30. The number of nitrogens with one attached hydrogen (secondary N) is 3. The van der Waals surface area contributed by atoms with Gasteiger partial charge in [-0.15, -0.1) is 11.3 Å². The largest absolute Gasteiger partial charge is 0.390 e. The summed E-state index contributed by atoms with van der Waals surface area (Å²) in [5, 5.41) is 41.3. The number of hydrogen-bond acceptors (Lipinski definition) is 8. The van der Waals surface area contributed by atoms with Crippen LogP contribution >= 0.6 is 11.3 Å². The maximum absolute atomic E-state index is 12.9. The van der Waals surface area contributed by atoms with E-state index in [4.69, 9.17) is 5.73 Å². The number of carbonyl (C=O) groups is 3. The molecule has 1 heterocycles. The molecule has 3 amide bonds. The molecule has 1 saturated carbocycles. The Hall–Kier alpha value is -2.05. The Kier molecular flexibility index (Phi) is 8.55. The summed E-state index contributed by atoms with van der Waals surface area (Å²) in [6.07, 6.45) is -3.43. The first kappa shape index (κ1) is 25.2. The Morgan fingerprint density at radius 3 is 2.48 bits per heavy atom. The van der Waals surface area contributed by atoms with Crippen LogP contribution in [0.25, 0.3) is 0 Å². The minimum absolute atomic E-state index is 0.0496. The van der Waals surface area contributed by atoms with Crippen molar-refractivity contribution in [2.45, 2.75) is 69.0 Å². The summed E-state index contributed by atoms with van der Waals surface area (Å²) in [6.45, 7) is 3.68. The van der Waals surface area contributed by atoms with Crippen molar-refractivity contribution in [2.24, 2.45) is 11.7 Å². The molecular formula is C20H32N4O6S. The predicted molar refractivity (Wildman–Crippen MR) is 115 cm³/mol. The van der Waals surface area contributed by atoms with Gasteiger partial charge in [0.25, 0.3) is 5.91 Å². The van der Waals surface area contributed by atoms with Gasteiger partial charge in [-0.1, -0.05) is 19.9 Å². The topological polar surface area (TPSA) is 174 Å². The first-order chi connectivity index (χ1) is 14.5. The molecule has 8 N–H and O–H groups in total. The van der Waals surface area contributed by atoms with Gasteiger partial charge in [0.1, 0.15) is 17.7 Å². The van der Waals surface area contributed by atoms with Crippen molar-refractivity contribution in [1.29, 1.82) is 0 Å². The van der Waals surface area contributed by atoms with E-state index in [9.17, 15) is 29.7 Å². The Morgan fingerprint density at radius 2 is 1.97 bits per heavy atom. The van der Waals surface area contributed by atoms with Crippen LogP contribution in [0.15, 0.2) is 17.5 Å². The van der Waals surface area contributed by atoms with Crippen molar-refractivity contribution in [3.63, 3.8) is 0 Å². The second-order valence-electron chi connectivity index (χ2n) is 8.34. The number of amides is 3. The molecule has 1 fully saturated rings. The van der Waals surface area contributed by atoms with Crippen LogP contribution < -0.4 is 21.7 Å². The highest BCUT2D eigenvalue weighted by atomic mass is 32.1. The van der Waals surface area contributed by atoms with E-state index in [-0.39, 0.29) is 18.8 Å². The Bertz CT molecular complexity index is 774. The fraction of sp³-hybridized carbons (Fsp3) is 0.650. The predicted octanol–water partition coefficient (Wildman–Crippen LogP) is -1.76. The third-order valence-electron chi connectivity index (χ3n) is 5.56. The third kappa shape index (κ3) is 6.23. The number of nitrogens with two attached hydrogens (primary N) is 1. The van der Waals surface area contributed by atoms with Crippen molar-refractivity contribution in [3.8, 4) is 0 Å². The van der Waals surface area contributed by atoms with Gasteiger partial charge in [-0.25, -0.2) is 0 Å². The second kappa shape index (κ2) is 10.5. The van der Waals surface area contributed by atoms with Gasteiger partial charge in [-0.2, -0.15) is 0 Å². The zero-order chi connectivity index (χ0) is 23.3. The Balaban J connectivity index is 2.13. The van der Waals surface area contributed by atoms with Crippen LogP contribution in [-0.4, -0.2) is 76.0 Å². The molecule has 0 bridgehead atoms. The summed E-state index contributed by atoms with van der Waals surface area (Å²) in [4.78, 5) is 38.1. The summed E-state index contributed by atoms with van der Waals surface area (Å²) in [6, 6.07) is 0.918. The molecule has 174 valence electrons. The molecule has 31 heavy (non-hydrogen) atoms. The quantitative estimate of drug-likeness (QED) is 0.230. The maximum atomic E-state index is 12.9. The highest BCUT2D eigenvalue weighted by Gasteiger charge is 2.50. The van der Waals surface area contributed by atoms with Crippen molar-refractivity contribution in [1.82, 2.24) is 16.0 Å². The van der Waals surface area contributed by atoms with Gasteiger partial charge in [0, 0.05) is 24.1 Å². The van der Waals surface area contributed by atoms with Crippen molar-refractivity contribution < 1.29 is 29.7 Å². The lowest BCUT2D eigenvalue weighted by Crippen LogP contribution is -2.65. The normalized spacial score (nSPS) is 28.0. The monoisotopic (exact) mass is 456 g/mol. The summed E-state index contributed by atoms with van der Waals surface area (Å²) >= 11 is 1.40. The fourth-order valence-electron chi connectivity index (χ4n) is 3.81. The maximum Gasteiger partial charge on any atom is 0.252 e. The molecule has 0 aliphatic heterocycles. The van der Waals surface area contributed by atoms with Crippen molar-refractivity contribution in [2.75, 3.05) is 7.05 Å². The SMILES string of the molecule is CN[C@H](C(=O)N[C@H]1C[C@@](O)(C(=O)N[C@@H](Cc2cccs2)C(N)=O)C[C@@H](O)[C@@H]1O)C(C)C. The summed E-state index contributed by atoms with van der Waals surface area (Å²) < 4.78 is 0. The molecule has 0 aromatic carbocycles. The minimum atomic E-state index is -2.10. The number of likely N-dealkylation sites (N-methyl/N-ethyl adjacent to an activating group) is 1. The number of primary amides is 1. The van der Waals surface area contributed by atoms with E-state index in [1.807, 2.05) is 19.2 Å². The average Bonchev–Trinajstić information content (AvgIpc) is 3.18. The first-order valence-electron chi connectivity index (χ1n) is 10.2. The number of thiophene rings is 1. The Morgan fingerprint density at radius 1 is 1.29 bits per heavy atom. The standard InChI is InChI=1S/C20H32N4O6S/c1-10(2)15(22-3)18(28)23-13-8-20(30,9-14(25)16(13)26)19(29)24-12(17(21)27)7-11-5-4-6-31-11/h4-6,10,12-16,22,25-26,30H,7-9H2,1-3H3,(H2,21,27)(H,23,28)(H,24,29)/t12-,13-,14+,15-,16+,20-/m0/s1. The highest BCUT2D eigenvalue weighted by molar-refractivity contribution is 7.09. The molecule has 0 saturated heterocycles. The van der Waals surface area contributed by atoms with Gasteiger partial charge in [-0.05, 0) is 24.4 Å². The summed E-state index contributed by atoms with van der Waals surface area (Å²) in [7, 11) is 1.62. The van der Waals surface area contributed by atoms with Gasteiger partial charge < -0.3 is 37.0 Å². The molecule has 1 aliphatic carbocycles. The van der Waals surface area contributed by atoms with Gasteiger partial charge in [0.2, 0.25) is 11.8 Å². The number of hydrogen-bond donors (Lipinski definition) is 7. The molecule has 1 aromatic rings. The Labute approximate surface area is 185 Å². The van der Waals surface area contributed by atoms with E-state index >= 15 is 0 Å². The fourth-order valence-corrected chi connectivity index (χ4v) is 4.56.